The van der Waals surface area contributed by atoms with Gasteiger partial charge in [0.1, 0.15) is 11.6 Å². The molecule has 0 saturated carbocycles. The normalized spacial score (nSPS) is 10.9. The third-order valence-corrected chi connectivity index (χ3v) is 2.40. The molecule has 3 nitrogen and oxygen atoms in total. The van der Waals surface area contributed by atoms with Crippen molar-refractivity contribution in [1.29, 1.82) is 0 Å². The van der Waals surface area contributed by atoms with E-state index in [4.69, 9.17) is 5.73 Å². The number of nitrogens with two attached hydrogens (primary N) is 1. The van der Waals surface area contributed by atoms with Crippen LogP contribution in [0.2, 0.25) is 0 Å². The highest BCUT2D eigenvalue weighted by molar-refractivity contribution is 5.76. The van der Waals surface area contributed by atoms with Gasteiger partial charge in [0.2, 0.25) is 0 Å². The largest absolute Gasteiger partial charge is 0.324 e. The minimum atomic E-state index is -0.281. The number of fused-ring (bicyclic) bond motifs is 1. The third-order valence-electron chi connectivity index (χ3n) is 2.40. The van der Waals surface area contributed by atoms with Gasteiger partial charge in [-0.1, -0.05) is 12.2 Å². The standard InChI is InChI=1S/C12H14FN3/c1-8(2)7-16-11-4-3-9(13)5-10(11)15-12(16)6-14/h3-5H,1,6-7,14H2,2H3. The van der Waals surface area contributed by atoms with E-state index in [9.17, 15) is 4.39 Å². The quantitative estimate of drug-likeness (QED) is 0.804. The van der Waals surface area contributed by atoms with Crippen LogP contribution in [0.5, 0.6) is 0 Å². The number of hydrogen-bond acceptors (Lipinski definition) is 2. The van der Waals surface area contributed by atoms with Gasteiger partial charge in [0, 0.05) is 12.6 Å². The summed E-state index contributed by atoms with van der Waals surface area (Å²) >= 11 is 0. The van der Waals surface area contributed by atoms with Gasteiger partial charge in [-0.3, -0.25) is 0 Å². The van der Waals surface area contributed by atoms with E-state index >= 15 is 0 Å². The van der Waals surface area contributed by atoms with Gasteiger partial charge in [0.05, 0.1) is 17.6 Å². The van der Waals surface area contributed by atoms with Crippen molar-refractivity contribution in [2.45, 2.75) is 20.0 Å². The number of hydrogen-bond donors (Lipinski definition) is 1. The number of imidazole rings is 1. The average Bonchev–Trinajstić information content (AvgIpc) is 2.55. The Labute approximate surface area is 93.4 Å². The van der Waals surface area contributed by atoms with Crippen molar-refractivity contribution in [3.8, 4) is 0 Å². The maximum absolute atomic E-state index is 13.0. The van der Waals surface area contributed by atoms with Crippen LogP contribution in [0.1, 0.15) is 12.7 Å². The van der Waals surface area contributed by atoms with E-state index in [1.165, 1.54) is 12.1 Å². The van der Waals surface area contributed by atoms with E-state index in [1.54, 1.807) is 6.07 Å². The molecule has 0 saturated heterocycles. The van der Waals surface area contributed by atoms with Crippen LogP contribution in [0.25, 0.3) is 11.0 Å². The molecule has 2 rings (SSSR count). The first kappa shape index (κ1) is 10.8. The van der Waals surface area contributed by atoms with Gasteiger partial charge in [-0.2, -0.15) is 0 Å². The van der Waals surface area contributed by atoms with E-state index in [1.807, 2.05) is 11.5 Å². The lowest BCUT2D eigenvalue weighted by Gasteiger charge is -2.07. The van der Waals surface area contributed by atoms with Gasteiger partial charge in [-0.15, -0.1) is 0 Å². The van der Waals surface area contributed by atoms with Crippen LogP contribution in [0.3, 0.4) is 0 Å². The second-order valence-electron chi connectivity index (χ2n) is 3.91. The molecular weight excluding hydrogens is 205 g/mol. The lowest BCUT2D eigenvalue weighted by Crippen LogP contribution is -2.08. The Hall–Kier alpha value is -1.68. The molecule has 0 fully saturated rings. The minimum Gasteiger partial charge on any atom is -0.324 e. The first-order chi connectivity index (χ1) is 7.61. The zero-order valence-corrected chi connectivity index (χ0v) is 9.20. The average molecular weight is 219 g/mol. The Morgan fingerprint density at radius 3 is 2.94 bits per heavy atom. The lowest BCUT2D eigenvalue weighted by atomic mass is 10.3. The van der Waals surface area contributed by atoms with Crippen LogP contribution in [0.15, 0.2) is 30.4 Å². The topological polar surface area (TPSA) is 43.8 Å². The molecule has 0 atom stereocenters. The second kappa shape index (κ2) is 4.06. The van der Waals surface area contributed by atoms with Crippen LogP contribution in [-0.2, 0) is 13.1 Å². The highest BCUT2D eigenvalue weighted by atomic mass is 19.1. The molecule has 0 unspecified atom stereocenters. The smallest absolute Gasteiger partial charge is 0.125 e. The minimum absolute atomic E-state index is 0.281. The van der Waals surface area contributed by atoms with Gasteiger partial charge < -0.3 is 10.3 Å². The summed E-state index contributed by atoms with van der Waals surface area (Å²) in [5.74, 6) is 0.472. The van der Waals surface area contributed by atoms with Crippen LogP contribution >= 0.6 is 0 Å². The summed E-state index contributed by atoms with van der Waals surface area (Å²) in [6.45, 7) is 6.80. The van der Waals surface area contributed by atoms with Crippen LogP contribution in [-0.4, -0.2) is 9.55 Å². The Bertz CT molecular complexity index is 542. The highest BCUT2D eigenvalue weighted by Gasteiger charge is 2.09. The van der Waals surface area contributed by atoms with Crippen LogP contribution in [0, 0.1) is 5.82 Å². The summed E-state index contributed by atoms with van der Waals surface area (Å²) < 4.78 is 15.0. The van der Waals surface area contributed by atoms with Crippen molar-refractivity contribution in [2.24, 2.45) is 5.73 Å². The summed E-state index contributed by atoms with van der Waals surface area (Å²) in [5.41, 5.74) is 8.17. The van der Waals surface area contributed by atoms with E-state index < -0.39 is 0 Å². The maximum Gasteiger partial charge on any atom is 0.125 e. The molecule has 1 aromatic heterocycles. The van der Waals surface area contributed by atoms with Gasteiger partial charge in [-0.25, -0.2) is 9.37 Å². The van der Waals surface area contributed by atoms with E-state index in [-0.39, 0.29) is 5.82 Å². The molecule has 4 heteroatoms. The molecule has 84 valence electrons. The van der Waals surface area contributed by atoms with Crippen molar-refractivity contribution in [3.63, 3.8) is 0 Å². The molecule has 0 aliphatic carbocycles. The fourth-order valence-electron chi connectivity index (χ4n) is 1.76. The van der Waals surface area contributed by atoms with Gasteiger partial charge in [-0.05, 0) is 19.1 Å². The molecule has 2 N–H and O–H groups in total. The Morgan fingerprint density at radius 1 is 1.56 bits per heavy atom. The zero-order chi connectivity index (χ0) is 11.7. The van der Waals surface area contributed by atoms with Gasteiger partial charge in [0.15, 0.2) is 0 Å². The molecule has 2 aromatic rings. The maximum atomic E-state index is 13.0. The second-order valence-corrected chi connectivity index (χ2v) is 3.91. The Balaban J connectivity index is 2.63. The summed E-state index contributed by atoms with van der Waals surface area (Å²) in [7, 11) is 0. The zero-order valence-electron chi connectivity index (χ0n) is 9.20. The molecule has 16 heavy (non-hydrogen) atoms. The molecular formula is C12H14FN3. The van der Waals surface area contributed by atoms with E-state index in [0.29, 0.717) is 18.6 Å². The van der Waals surface area contributed by atoms with Crippen LogP contribution in [0.4, 0.5) is 4.39 Å². The molecule has 0 radical (unpaired) electrons. The lowest BCUT2D eigenvalue weighted by molar-refractivity contribution is 0.629. The summed E-state index contributed by atoms with van der Waals surface area (Å²) in [6.07, 6.45) is 0. The van der Waals surface area contributed by atoms with Crippen LogP contribution < -0.4 is 5.73 Å². The van der Waals surface area contributed by atoms with Crippen molar-refractivity contribution in [3.05, 3.63) is 42.0 Å². The number of halogens is 1. The number of rotatable bonds is 3. The highest BCUT2D eigenvalue weighted by Crippen LogP contribution is 2.18. The molecule has 1 aromatic carbocycles. The monoisotopic (exact) mass is 219 g/mol. The summed E-state index contributed by atoms with van der Waals surface area (Å²) in [5, 5.41) is 0. The SMILES string of the molecule is C=C(C)Cn1c(CN)nc2cc(F)ccc21. The number of aromatic nitrogens is 2. The fourth-order valence-corrected chi connectivity index (χ4v) is 1.76. The molecule has 0 bridgehead atoms. The first-order valence-corrected chi connectivity index (χ1v) is 5.11. The van der Waals surface area contributed by atoms with Crippen molar-refractivity contribution in [1.82, 2.24) is 9.55 Å². The number of nitrogens with zero attached hydrogens (tertiary/aromatic N) is 2. The fraction of sp³-hybridized carbons (Fsp3) is 0.250. The predicted molar refractivity (Wildman–Crippen MR) is 62.4 cm³/mol. The Morgan fingerprint density at radius 2 is 2.31 bits per heavy atom. The Kier molecular flexibility index (Phi) is 2.75. The predicted octanol–water partition coefficient (Wildman–Crippen LogP) is 2.21. The summed E-state index contributed by atoms with van der Waals surface area (Å²) in [4.78, 5) is 4.30. The van der Waals surface area contributed by atoms with Crippen molar-refractivity contribution in [2.75, 3.05) is 0 Å². The summed E-state index contributed by atoms with van der Waals surface area (Å²) in [6, 6.07) is 4.57. The van der Waals surface area contributed by atoms with Crippen molar-refractivity contribution < 1.29 is 4.39 Å². The number of benzene rings is 1. The number of allylic oxidation sites excluding steroid dienone is 1. The third kappa shape index (κ3) is 1.84. The van der Waals surface area contributed by atoms with E-state index in [2.05, 4.69) is 11.6 Å². The van der Waals surface area contributed by atoms with E-state index in [0.717, 1.165) is 16.9 Å². The molecule has 0 spiro atoms. The molecule has 0 amide bonds. The molecule has 0 aliphatic rings. The molecule has 1 heterocycles. The van der Waals surface area contributed by atoms with Gasteiger partial charge in [0.25, 0.3) is 0 Å². The van der Waals surface area contributed by atoms with Crippen molar-refractivity contribution >= 4 is 11.0 Å². The first-order valence-electron chi connectivity index (χ1n) is 5.11. The van der Waals surface area contributed by atoms with Gasteiger partial charge >= 0.3 is 0 Å². The molecule has 0 aliphatic heterocycles.